The Balaban J connectivity index is 2.88. The molecule has 94 valence electrons. The van der Waals surface area contributed by atoms with Crippen LogP contribution in [0.25, 0.3) is 6.08 Å². The second kappa shape index (κ2) is 6.61. The second-order valence-corrected chi connectivity index (χ2v) is 5.23. The molecule has 1 aromatic rings. The predicted molar refractivity (Wildman–Crippen MR) is 77.3 cm³/mol. The molecule has 0 bridgehead atoms. The molecule has 0 amide bonds. The van der Waals surface area contributed by atoms with E-state index in [2.05, 4.69) is 63.4 Å². The lowest BCUT2D eigenvalue weighted by molar-refractivity contribution is 0.713. The summed E-state index contributed by atoms with van der Waals surface area (Å²) in [6.45, 7) is 9.90. The van der Waals surface area contributed by atoms with E-state index in [-0.39, 0.29) is 0 Å². The molecule has 0 saturated heterocycles. The zero-order valence-electron chi connectivity index (χ0n) is 11.7. The van der Waals surface area contributed by atoms with Crippen LogP contribution in [0, 0.1) is 5.92 Å². The monoisotopic (exact) mass is 231 g/mol. The number of hydrogen-bond donors (Lipinski definition) is 1. The Kier molecular flexibility index (Phi) is 5.43. The average Bonchev–Trinajstić information content (AvgIpc) is 2.29. The van der Waals surface area contributed by atoms with Crippen LogP contribution in [-0.4, -0.2) is 13.6 Å². The zero-order valence-corrected chi connectivity index (χ0v) is 11.7. The van der Waals surface area contributed by atoms with E-state index < -0.39 is 0 Å². The quantitative estimate of drug-likeness (QED) is 0.805. The summed E-state index contributed by atoms with van der Waals surface area (Å²) in [5.74, 6) is 1.20. The lowest BCUT2D eigenvalue weighted by atomic mass is 9.98. The molecule has 0 atom stereocenters. The SMILES string of the molecule is CNCC(=Cc1ccc(C(C)C)cc1)C(C)C. The van der Waals surface area contributed by atoms with Crippen molar-refractivity contribution in [2.24, 2.45) is 5.92 Å². The Labute approximate surface area is 106 Å². The molecule has 1 N–H and O–H groups in total. The van der Waals surface area contributed by atoms with E-state index in [9.17, 15) is 0 Å². The molecule has 0 aliphatic heterocycles. The van der Waals surface area contributed by atoms with E-state index >= 15 is 0 Å². The molecule has 0 aliphatic carbocycles. The molecule has 0 heterocycles. The van der Waals surface area contributed by atoms with Crippen molar-refractivity contribution in [1.29, 1.82) is 0 Å². The Morgan fingerprint density at radius 3 is 2.12 bits per heavy atom. The first kappa shape index (κ1) is 14.0. The minimum absolute atomic E-state index is 0.590. The first-order valence-corrected chi connectivity index (χ1v) is 6.49. The van der Waals surface area contributed by atoms with Gasteiger partial charge in [-0.05, 0) is 30.0 Å². The maximum Gasteiger partial charge on any atom is 0.0167 e. The zero-order chi connectivity index (χ0) is 12.8. The van der Waals surface area contributed by atoms with Crippen LogP contribution in [0.5, 0.6) is 0 Å². The van der Waals surface area contributed by atoms with Crippen LogP contribution in [0.4, 0.5) is 0 Å². The van der Waals surface area contributed by atoms with E-state index in [1.54, 1.807) is 0 Å². The lowest BCUT2D eigenvalue weighted by Gasteiger charge is -2.11. The molecule has 0 aliphatic rings. The van der Waals surface area contributed by atoms with Crippen LogP contribution < -0.4 is 5.32 Å². The minimum Gasteiger partial charge on any atom is -0.316 e. The van der Waals surface area contributed by atoms with Crippen LogP contribution in [-0.2, 0) is 0 Å². The summed E-state index contributed by atoms with van der Waals surface area (Å²) in [7, 11) is 2.00. The highest BCUT2D eigenvalue weighted by molar-refractivity contribution is 5.54. The van der Waals surface area contributed by atoms with Gasteiger partial charge in [-0.2, -0.15) is 0 Å². The van der Waals surface area contributed by atoms with Crippen molar-refractivity contribution in [2.45, 2.75) is 33.6 Å². The van der Waals surface area contributed by atoms with Crippen molar-refractivity contribution in [3.05, 3.63) is 41.0 Å². The molecule has 0 radical (unpaired) electrons. The molecular weight excluding hydrogens is 206 g/mol. The second-order valence-electron chi connectivity index (χ2n) is 5.23. The third-order valence-electron chi connectivity index (χ3n) is 3.08. The smallest absolute Gasteiger partial charge is 0.0167 e. The van der Waals surface area contributed by atoms with Gasteiger partial charge in [0.2, 0.25) is 0 Å². The molecule has 17 heavy (non-hydrogen) atoms. The average molecular weight is 231 g/mol. The fraction of sp³-hybridized carbons (Fsp3) is 0.500. The van der Waals surface area contributed by atoms with Crippen LogP contribution in [0.3, 0.4) is 0 Å². The highest BCUT2D eigenvalue weighted by Gasteiger charge is 2.03. The summed E-state index contributed by atoms with van der Waals surface area (Å²) in [5.41, 5.74) is 4.15. The summed E-state index contributed by atoms with van der Waals surface area (Å²) in [5, 5.41) is 3.23. The van der Waals surface area contributed by atoms with Crippen LogP contribution in [0.1, 0.15) is 44.7 Å². The van der Waals surface area contributed by atoms with Gasteiger partial charge in [0.1, 0.15) is 0 Å². The van der Waals surface area contributed by atoms with Gasteiger partial charge in [-0.3, -0.25) is 0 Å². The summed E-state index contributed by atoms with van der Waals surface area (Å²) < 4.78 is 0. The van der Waals surface area contributed by atoms with E-state index in [0.717, 1.165) is 6.54 Å². The maximum atomic E-state index is 3.23. The highest BCUT2D eigenvalue weighted by atomic mass is 14.8. The Bertz CT molecular complexity index is 358. The van der Waals surface area contributed by atoms with E-state index in [4.69, 9.17) is 0 Å². The van der Waals surface area contributed by atoms with Gasteiger partial charge in [-0.15, -0.1) is 0 Å². The normalized spacial score (nSPS) is 12.5. The number of likely N-dealkylation sites (N-methyl/N-ethyl adjacent to an activating group) is 1. The van der Waals surface area contributed by atoms with Gasteiger partial charge >= 0.3 is 0 Å². The highest BCUT2D eigenvalue weighted by Crippen LogP contribution is 2.18. The van der Waals surface area contributed by atoms with E-state index in [1.807, 2.05) is 7.05 Å². The third-order valence-corrected chi connectivity index (χ3v) is 3.08. The van der Waals surface area contributed by atoms with Crippen LogP contribution in [0.15, 0.2) is 29.8 Å². The number of hydrogen-bond acceptors (Lipinski definition) is 1. The fourth-order valence-electron chi connectivity index (χ4n) is 1.82. The van der Waals surface area contributed by atoms with Gasteiger partial charge in [0, 0.05) is 6.54 Å². The topological polar surface area (TPSA) is 12.0 Å². The molecule has 1 aromatic carbocycles. The Morgan fingerprint density at radius 1 is 1.12 bits per heavy atom. The van der Waals surface area contributed by atoms with Crippen LogP contribution in [0.2, 0.25) is 0 Å². The summed E-state index contributed by atoms with van der Waals surface area (Å²) in [6, 6.07) is 8.89. The van der Waals surface area contributed by atoms with Crippen molar-refractivity contribution in [1.82, 2.24) is 5.32 Å². The molecule has 0 fully saturated rings. The van der Waals surface area contributed by atoms with Gasteiger partial charge in [0.05, 0.1) is 0 Å². The Hall–Kier alpha value is -1.08. The fourth-order valence-corrected chi connectivity index (χ4v) is 1.82. The standard InChI is InChI=1S/C16H25N/c1-12(2)15-8-6-14(7-9-15)10-16(11-17-5)13(3)4/h6-10,12-13,17H,11H2,1-5H3. The number of benzene rings is 1. The largest absolute Gasteiger partial charge is 0.316 e. The van der Waals surface area contributed by atoms with Crippen molar-refractivity contribution in [3.63, 3.8) is 0 Å². The summed E-state index contributed by atoms with van der Waals surface area (Å²) >= 11 is 0. The maximum absolute atomic E-state index is 3.23. The van der Waals surface area contributed by atoms with Gasteiger partial charge < -0.3 is 5.32 Å². The molecule has 0 aromatic heterocycles. The Morgan fingerprint density at radius 2 is 1.71 bits per heavy atom. The first-order chi connectivity index (χ1) is 8.04. The molecule has 1 rings (SSSR count). The molecule has 0 saturated carbocycles. The van der Waals surface area contributed by atoms with Crippen molar-refractivity contribution in [2.75, 3.05) is 13.6 Å². The number of nitrogens with one attached hydrogen (secondary N) is 1. The van der Waals surface area contributed by atoms with Crippen molar-refractivity contribution >= 4 is 6.08 Å². The lowest BCUT2D eigenvalue weighted by Crippen LogP contribution is -2.13. The molecule has 1 heteroatoms. The van der Waals surface area contributed by atoms with Gasteiger partial charge in [0.15, 0.2) is 0 Å². The summed E-state index contributed by atoms with van der Waals surface area (Å²) in [6.07, 6.45) is 2.30. The first-order valence-electron chi connectivity index (χ1n) is 6.49. The molecule has 0 spiro atoms. The predicted octanol–water partition coefficient (Wildman–Crippen LogP) is 4.07. The molecular formula is C16H25N. The van der Waals surface area contributed by atoms with E-state index in [0.29, 0.717) is 11.8 Å². The minimum atomic E-state index is 0.590. The summed E-state index contributed by atoms with van der Waals surface area (Å²) in [4.78, 5) is 0. The third kappa shape index (κ3) is 4.35. The van der Waals surface area contributed by atoms with Crippen molar-refractivity contribution in [3.8, 4) is 0 Å². The van der Waals surface area contributed by atoms with E-state index in [1.165, 1.54) is 16.7 Å². The number of rotatable bonds is 5. The van der Waals surface area contributed by atoms with Crippen molar-refractivity contribution < 1.29 is 0 Å². The molecule has 1 nitrogen and oxygen atoms in total. The van der Waals surface area contributed by atoms with Crippen LogP contribution >= 0.6 is 0 Å². The van der Waals surface area contributed by atoms with Gasteiger partial charge in [-0.1, -0.05) is 63.6 Å². The van der Waals surface area contributed by atoms with Gasteiger partial charge in [0.25, 0.3) is 0 Å². The molecule has 0 unspecified atom stereocenters. The van der Waals surface area contributed by atoms with Gasteiger partial charge in [-0.25, -0.2) is 0 Å².